The summed E-state index contributed by atoms with van der Waals surface area (Å²) in [5.41, 5.74) is 2.26. The third-order valence-corrected chi connectivity index (χ3v) is 3.75. The zero-order valence-electron chi connectivity index (χ0n) is 14.5. The number of hydrogen-bond acceptors (Lipinski definition) is 4. The van der Waals surface area contributed by atoms with E-state index in [1.807, 2.05) is 6.92 Å². The Morgan fingerprint density at radius 3 is 2.42 bits per heavy atom. The first kappa shape index (κ1) is 17.5. The first-order valence-electron chi connectivity index (χ1n) is 8.20. The number of amides is 1. The number of hydrogen-bond donors (Lipinski definition) is 1. The normalized spacial score (nSPS) is 10.4. The molecular weight excluding hydrogens is 333 g/mol. The van der Waals surface area contributed by atoms with E-state index in [9.17, 15) is 9.18 Å². The van der Waals surface area contributed by atoms with E-state index in [-0.39, 0.29) is 11.7 Å². The zero-order chi connectivity index (χ0) is 18.5. The molecule has 1 amide bonds. The molecule has 132 valence electrons. The predicted molar refractivity (Wildman–Crippen MR) is 97.7 cm³/mol. The van der Waals surface area contributed by atoms with Crippen molar-refractivity contribution in [2.24, 2.45) is 0 Å². The number of carbonyl (C=O) groups excluding carboxylic acids is 1. The fraction of sp³-hybridized carbons (Fsp3) is 0.150. The maximum absolute atomic E-state index is 13.0. The SMILES string of the molecule is CCOc1ccc(NC(=O)c2cnc(-c3ccc(F)cc3)nc2C)cc1. The number of ether oxygens (including phenoxy) is 1. The maximum atomic E-state index is 13.0. The van der Waals surface area contributed by atoms with E-state index < -0.39 is 0 Å². The fourth-order valence-electron chi connectivity index (χ4n) is 2.43. The summed E-state index contributed by atoms with van der Waals surface area (Å²) >= 11 is 0. The molecule has 26 heavy (non-hydrogen) atoms. The molecule has 0 aliphatic carbocycles. The fourth-order valence-corrected chi connectivity index (χ4v) is 2.43. The molecule has 5 nitrogen and oxygen atoms in total. The summed E-state index contributed by atoms with van der Waals surface area (Å²) in [4.78, 5) is 21.1. The summed E-state index contributed by atoms with van der Waals surface area (Å²) in [6, 6.07) is 13.0. The van der Waals surface area contributed by atoms with Gasteiger partial charge < -0.3 is 10.1 Å². The van der Waals surface area contributed by atoms with Crippen LogP contribution in [0.15, 0.2) is 54.7 Å². The summed E-state index contributed by atoms with van der Waals surface area (Å²) in [7, 11) is 0. The molecule has 0 saturated carbocycles. The summed E-state index contributed by atoms with van der Waals surface area (Å²) in [5, 5.41) is 2.81. The van der Waals surface area contributed by atoms with Crippen LogP contribution in [-0.2, 0) is 0 Å². The topological polar surface area (TPSA) is 64.1 Å². The zero-order valence-corrected chi connectivity index (χ0v) is 14.5. The van der Waals surface area contributed by atoms with Crippen LogP contribution in [0.3, 0.4) is 0 Å². The number of rotatable bonds is 5. The minimum absolute atomic E-state index is 0.294. The first-order valence-corrected chi connectivity index (χ1v) is 8.20. The Balaban J connectivity index is 1.76. The van der Waals surface area contributed by atoms with Crippen LogP contribution < -0.4 is 10.1 Å². The number of anilines is 1. The van der Waals surface area contributed by atoms with Crippen molar-refractivity contribution < 1.29 is 13.9 Å². The number of aryl methyl sites for hydroxylation is 1. The van der Waals surface area contributed by atoms with Crippen molar-refractivity contribution >= 4 is 11.6 Å². The number of nitrogens with zero attached hydrogens (tertiary/aromatic N) is 2. The van der Waals surface area contributed by atoms with E-state index in [1.54, 1.807) is 43.3 Å². The van der Waals surface area contributed by atoms with Crippen molar-refractivity contribution in [3.8, 4) is 17.1 Å². The van der Waals surface area contributed by atoms with Gasteiger partial charge in [-0.25, -0.2) is 14.4 Å². The molecule has 0 unspecified atom stereocenters. The molecule has 3 aromatic rings. The number of benzene rings is 2. The van der Waals surface area contributed by atoms with Gasteiger partial charge in [0, 0.05) is 17.4 Å². The van der Waals surface area contributed by atoms with Crippen LogP contribution in [0.5, 0.6) is 5.75 Å². The van der Waals surface area contributed by atoms with Crippen molar-refractivity contribution in [2.75, 3.05) is 11.9 Å². The molecule has 0 aliphatic heterocycles. The minimum atomic E-state index is -0.322. The van der Waals surface area contributed by atoms with Crippen LogP contribution in [0.4, 0.5) is 10.1 Å². The van der Waals surface area contributed by atoms with Crippen LogP contribution in [0.2, 0.25) is 0 Å². The van der Waals surface area contributed by atoms with Crippen LogP contribution in [0.1, 0.15) is 23.0 Å². The lowest BCUT2D eigenvalue weighted by molar-refractivity contribution is 0.102. The van der Waals surface area contributed by atoms with Crippen molar-refractivity contribution in [3.05, 3.63) is 71.8 Å². The summed E-state index contributed by atoms with van der Waals surface area (Å²) in [6.07, 6.45) is 1.48. The molecule has 0 aliphatic rings. The van der Waals surface area contributed by atoms with Gasteiger partial charge in [-0.05, 0) is 62.4 Å². The molecule has 1 heterocycles. The quantitative estimate of drug-likeness (QED) is 0.747. The van der Waals surface area contributed by atoms with Gasteiger partial charge in [0.05, 0.1) is 17.9 Å². The first-order chi connectivity index (χ1) is 12.6. The average molecular weight is 351 g/mol. The second-order valence-corrected chi connectivity index (χ2v) is 5.61. The number of halogens is 1. The van der Waals surface area contributed by atoms with E-state index in [2.05, 4.69) is 15.3 Å². The van der Waals surface area contributed by atoms with E-state index in [4.69, 9.17) is 4.74 Å². The lowest BCUT2D eigenvalue weighted by Gasteiger charge is -2.09. The Morgan fingerprint density at radius 1 is 1.12 bits per heavy atom. The standard InChI is InChI=1S/C20H18FN3O2/c1-3-26-17-10-8-16(9-11-17)24-20(25)18-12-22-19(23-13(18)2)14-4-6-15(21)7-5-14/h4-12H,3H2,1-2H3,(H,24,25). The second kappa shape index (κ2) is 7.74. The van der Waals surface area contributed by atoms with Crippen molar-refractivity contribution in [1.29, 1.82) is 0 Å². The Kier molecular flexibility index (Phi) is 5.22. The van der Waals surface area contributed by atoms with Gasteiger partial charge in [0.1, 0.15) is 11.6 Å². The number of carbonyl (C=O) groups is 1. The van der Waals surface area contributed by atoms with E-state index in [1.165, 1.54) is 18.3 Å². The Hall–Kier alpha value is -3.28. The average Bonchev–Trinajstić information content (AvgIpc) is 2.64. The Bertz CT molecular complexity index is 909. The number of nitrogens with one attached hydrogen (secondary N) is 1. The molecule has 0 atom stereocenters. The molecule has 0 bridgehead atoms. The molecule has 2 aromatic carbocycles. The Labute approximate surface area is 150 Å². The monoisotopic (exact) mass is 351 g/mol. The van der Waals surface area contributed by atoms with Gasteiger partial charge >= 0.3 is 0 Å². The van der Waals surface area contributed by atoms with Crippen LogP contribution in [0, 0.1) is 12.7 Å². The molecule has 6 heteroatoms. The summed E-state index contributed by atoms with van der Waals surface area (Å²) in [5.74, 6) is 0.572. The molecule has 0 radical (unpaired) electrons. The highest BCUT2D eigenvalue weighted by molar-refractivity contribution is 6.04. The van der Waals surface area contributed by atoms with Gasteiger partial charge in [-0.3, -0.25) is 4.79 Å². The van der Waals surface area contributed by atoms with Gasteiger partial charge in [-0.15, -0.1) is 0 Å². The number of aromatic nitrogens is 2. The van der Waals surface area contributed by atoms with E-state index in [0.717, 1.165) is 5.75 Å². The van der Waals surface area contributed by atoms with Gasteiger partial charge in [0.2, 0.25) is 0 Å². The highest BCUT2D eigenvalue weighted by Gasteiger charge is 2.13. The van der Waals surface area contributed by atoms with Crippen molar-refractivity contribution in [3.63, 3.8) is 0 Å². The molecule has 1 N–H and O–H groups in total. The highest BCUT2D eigenvalue weighted by atomic mass is 19.1. The van der Waals surface area contributed by atoms with E-state index in [0.29, 0.717) is 34.9 Å². The third-order valence-electron chi connectivity index (χ3n) is 3.75. The van der Waals surface area contributed by atoms with Crippen molar-refractivity contribution in [2.45, 2.75) is 13.8 Å². The van der Waals surface area contributed by atoms with Crippen molar-refractivity contribution in [1.82, 2.24) is 9.97 Å². The summed E-state index contributed by atoms with van der Waals surface area (Å²) < 4.78 is 18.4. The van der Waals surface area contributed by atoms with Crippen LogP contribution >= 0.6 is 0 Å². The minimum Gasteiger partial charge on any atom is -0.494 e. The predicted octanol–water partition coefficient (Wildman–Crippen LogP) is 4.24. The second-order valence-electron chi connectivity index (χ2n) is 5.61. The lowest BCUT2D eigenvalue weighted by atomic mass is 10.1. The van der Waals surface area contributed by atoms with E-state index >= 15 is 0 Å². The van der Waals surface area contributed by atoms with Gasteiger partial charge in [-0.2, -0.15) is 0 Å². The van der Waals surface area contributed by atoms with Gasteiger partial charge in [0.15, 0.2) is 5.82 Å². The van der Waals surface area contributed by atoms with Crippen LogP contribution in [0.25, 0.3) is 11.4 Å². The third kappa shape index (κ3) is 4.03. The lowest BCUT2D eigenvalue weighted by Crippen LogP contribution is -2.15. The molecule has 3 rings (SSSR count). The Morgan fingerprint density at radius 2 is 1.81 bits per heavy atom. The van der Waals surface area contributed by atoms with Gasteiger partial charge in [-0.1, -0.05) is 0 Å². The smallest absolute Gasteiger partial charge is 0.259 e. The highest BCUT2D eigenvalue weighted by Crippen LogP contribution is 2.19. The summed E-state index contributed by atoms with van der Waals surface area (Å²) in [6.45, 7) is 4.23. The molecule has 0 spiro atoms. The van der Waals surface area contributed by atoms with Gasteiger partial charge in [0.25, 0.3) is 5.91 Å². The van der Waals surface area contributed by atoms with Crippen LogP contribution in [-0.4, -0.2) is 22.5 Å². The molecule has 0 fully saturated rings. The largest absolute Gasteiger partial charge is 0.494 e. The molecular formula is C20H18FN3O2. The molecule has 1 aromatic heterocycles. The molecule has 0 saturated heterocycles. The maximum Gasteiger partial charge on any atom is 0.259 e.